The molecule has 3 heterocycles. The van der Waals surface area contributed by atoms with E-state index in [0.717, 1.165) is 27.6 Å². The van der Waals surface area contributed by atoms with Gasteiger partial charge in [0.25, 0.3) is 11.2 Å². The Morgan fingerprint density at radius 1 is 1.21 bits per heavy atom. The lowest BCUT2D eigenvalue weighted by molar-refractivity contribution is -0.387. The van der Waals surface area contributed by atoms with Crippen molar-refractivity contribution in [2.24, 2.45) is 4.99 Å². The third-order valence-corrected chi connectivity index (χ3v) is 8.73. The quantitative estimate of drug-likeness (QED) is 0.111. The third kappa shape index (κ3) is 6.31. The van der Waals surface area contributed by atoms with Crippen LogP contribution < -0.4 is 19.6 Å². The number of carbonyl (C=O) groups excluding carboxylic acids is 1. The van der Waals surface area contributed by atoms with E-state index in [0.29, 0.717) is 37.4 Å². The third-order valence-electron chi connectivity index (χ3n) is 6.29. The fourth-order valence-electron chi connectivity index (χ4n) is 4.51. The summed E-state index contributed by atoms with van der Waals surface area (Å²) in [6, 6.07) is 10.8. The van der Waals surface area contributed by atoms with Crippen molar-refractivity contribution in [1.82, 2.24) is 14.5 Å². The molecule has 0 radical (unpaired) electrons. The summed E-state index contributed by atoms with van der Waals surface area (Å²) in [5.74, 6) is -0.123. The summed E-state index contributed by atoms with van der Waals surface area (Å²) in [6.07, 6.45) is 4.29. The number of rotatable bonds is 8. The number of ether oxygens (including phenoxy) is 2. The Hall–Kier alpha value is -4.14. The Bertz CT molecular complexity index is 1960. The van der Waals surface area contributed by atoms with Crippen LogP contribution in [0.15, 0.2) is 90.4 Å². The van der Waals surface area contributed by atoms with E-state index in [4.69, 9.17) is 9.47 Å². The molecule has 0 bridgehead atoms. The molecule has 1 atom stereocenters. The second-order valence-electron chi connectivity index (χ2n) is 9.54. The molecule has 0 saturated heterocycles. The molecule has 1 aliphatic heterocycles. The van der Waals surface area contributed by atoms with Crippen LogP contribution in [0, 0.1) is 10.1 Å². The van der Waals surface area contributed by atoms with Gasteiger partial charge in [-0.25, -0.2) is 19.8 Å². The number of hydrogen-bond donors (Lipinski definition) is 0. The Labute approximate surface area is 261 Å². The van der Waals surface area contributed by atoms with E-state index in [1.807, 2.05) is 0 Å². The fraction of sp³-hybridized carbons (Fsp3) is 0.207. The molecule has 5 rings (SSSR count). The zero-order chi connectivity index (χ0) is 30.8. The van der Waals surface area contributed by atoms with Gasteiger partial charge in [0.05, 0.1) is 38.8 Å². The van der Waals surface area contributed by atoms with Gasteiger partial charge in [0, 0.05) is 28.5 Å². The smallest absolute Gasteiger partial charge is 0.338 e. The summed E-state index contributed by atoms with van der Waals surface area (Å²) in [7, 11) is 1.51. The van der Waals surface area contributed by atoms with E-state index >= 15 is 0 Å². The van der Waals surface area contributed by atoms with Gasteiger partial charge in [0.2, 0.25) is 0 Å². The molecule has 2 aromatic carbocycles. The molecule has 43 heavy (non-hydrogen) atoms. The van der Waals surface area contributed by atoms with Crippen molar-refractivity contribution in [2.75, 3.05) is 7.11 Å². The molecular weight excluding hydrogens is 658 g/mol. The number of fused-ring (bicyclic) bond motifs is 1. The number of hydrogen-bond acceptors (Lipinski definition) is 11. The number of carbonyl (C=O) groups is 1. The van der Waals surface area contributed by atoms with E-state index in [-0.39, 0.29) is 15.8 Å². The molecule has 0 saturated carbocycles. The summed E-state index contributed by atoms with van der Waals surface area (Å²) in [5.41, 5.74) is 1.06. The lowest BCUT2D eigenvalue weighted by Crippen LogP contribution is -2.40. The highest BCUT2D eigenvalue weighted by Crippen LogP contribution is 2.38. The van der Waals surface area contributed by atoms with E-state index < -0.39 is 28.6 Å². The predicted molar refractivity (Wildman–Crippen MR) is 165 cm³/mol. The molecular formula is C29H24BrN5O6S2. The lowest BCUT2D eigenvalue weighted by Gasteiger charge is -2.26. The first-order valence-corrected chi connectivity index (χ1v) is 15.3. The molecule has 220 valence electrons. The van der Waals surface area contributed by atoms with E-state index in [2.05, 4.69) is 30.9 Å². The number of nitro benzene ring substituents is 1. The van der Waals surface area contributed by atoms with Crippen molar-refractivity contribution in [1.29, 1.82) is 0 Å². The Balaban J connectivity index is 1.67. The van der Waals surface area contributed by atoms with Gasteiger partial charge >= 0.3 is 5.97 Å². The Morgan fingerprint density at radius 3 is 2.63 bits per heavy atom. The highest BCUT2D eigenvalue weighted by molar-refractivity contribution is 9.10. The summed E-state index contributed by atoms with van der Waals surface area (Å²) in [4.78, 5) is 52.4. The van der Waals surface area contributed by atoms with E-state index in [1.165, 1.54) is 17.7 Å². The minimum Gasteiger partial charge on any atom is -0.496 e. The van der Waals surface area contributed by atoms with Gasteiger partial charge in [-0.3, -0.25) is 19.5 Å². The molecule has 14 heteroatoms. The second kappa shape index (κ2) is 12.6. The van der Waals surface area contributed by atoms with Gasteiger partial charge in [-0.05, 0) is 74.5 Å². The van der Waals surface area contributed by atoms with Gasteiger partial charge in [-0.15, -0.1) is 0 Å². The molecule has 0 amide bonds. The normalized spacial score (nSPS) is 14.8. The zero-order valence-corrected chi connectivity index (χ0v) is 26.5. The highest BCUT2D eigenvalue weighted by atomic mass is 79.9. The van der Waals surface area contributed by atoms with Crippen LogP contribution in [-0.2, 0) is 9.53 Å². The van der Waals surface area contributed by atoms with E-state index in [9.17, 15) is 19.7 Å². The fourth-order valence-corrected chi connectivity index (χ4v) is 6.74. The number of nitro groups is 1. The molecule has 4 aromatic rings. The van der Waals surface area contributed by atoms with Crippen LogP contribution >= 0.6 is 39.0 Å². The van der Waals surface area contributed by atoms with Crippen LogP contribution in [0.5, 0.6) is 5.75 Å². The maximum Gasteiger partial charge on any atom is 0.338 e. The van der Waals surface area contributed by atoms with Crippen molar-refractivity contribution < 1.29 is 19.2 Å². The Kier molecular flexibility index (Phi) is 8.89. The average Bonchev–Trinajstić information content (AvgIpc) is 3.26. The minimum absolute atomic E-state index is 0.148. The summed E-state index contributed by atoms with van der Waals surface area (Å²) in [6.45, 7) is 5.18. The molecule has 2 aromatic heterocycles. The number of halogens is 1. The summed E-state index contributed by atoms with van der Waals surface area (Å²) in [5, 5.41) is 12.3. The average molecular weight is 683 g/mol. The van der Waals surface area contributed by atoms with Gasteiger partial charge in [0.15, 0.2) is 9.96 Å². The first kappa shape index (κ1) is 30.3. The molecule has 0 spiro atoms. The number of thiazole rings is 1. The SMILES string of the molecule is COc1ccc(Br)cc1[C@@H]1C(C(=O)OC(C)C)=C(C)N=c2s/c(=C\c3ccc(Sc4ncccn4)c([N+](=O)[O-])c3)c(=O)n21. The van der Waals surface area contributed by atoms with Crippen LogP contribution in [-0.4, -0.2) is 38.6 Å². The predicted octanol–water partition coefficient (Wildman–Crippen LogP) is 4.81. The van der Waals surface area contributed by atoms with Crippen molar-refractivity contribution in [3.63, 3.8) is 0 Å². The van der Waals surface area contributed by atoms with Crippen molar-refractivity contribution >= 4 is 56.8 Å². The van der Waals surface area contributed by atoms with Crippen LogP contribution in [0.4, 0.5) is 5.69 Å². The van der Waals surface area contributed by atoms with Crippen LogP contribution in [0.2, 0.25) is 0 Å². The first-order chi connectivity index (χ1) is 20.6. The number of benzene rings is 2. The van der Waals surface area contributed by atoms with Crippen LogP contribution in [0.1, 0.15) is 37.9 Å². The highest BCUT2D eigenvalue weighted by Gasteiger charge is 2.35. The zero-order valence-electron chi connectivity index (χ0n) is 23.3. The summed E-state index contributed by atoms with van der Waals surface area (Å²) >= 11 is 5.68. The van der Waals surface area contributed by atoms with Crippen molar-refractivity contribution in [3.05, 3.63) is 112 Å². The molecule has 0 fully saturated rings. The second-order valence-corrected chi connectivity index (χ2v) is 12.5. The molecule has 0 unspecified atom stereocenters. The maximum atomic E-state index is 14.0. The number of methoxy groups -OCH3 is 1. The first-order valence-electron chi connectivity index (χ1n) is 12.9. The number of nitrogens with zero attached hydrogens (tertiary/aromatic N) is 5. The largest absolute Gasteiger partial charge is 0.496 e. The summed E-state index contributed by atoms with van der Waals surface area (Å²) < 4.78 is 13.6. The number of allylic oxidation sites excluding steroid dienone is 1. The lowest BCUT2D eigenvalue weighted by atomic mass is 9.95. The van der Waals surface area contributed by atoms with Crippen molar-refractivity contribution in [3.8, 4) is 5.75 Å². The van der Waals surface area contributed by atoms with E-state index in [1.54, 1.807) is 75.6 Å². The standard InChI is InChI=1S/C29H24BrN5O6S2/c1-15(2)41-27(37)24-16(3)33-29-34(25(24)19-14-18(30)7-8-21(19)40-4)26(36)23(43-29)13-17-6-9-22(20(12-17)35(38)39)42-28-31-10-5-11-32-28/h5-15,25H,1-4H3/b23-13-/t25-/m1/s1. The molecule has 1 aliphatic rings. The monoisotopic (exact) mass is 681 g/mol. The van der Waals surface area contributed by atoms with Gasteiger partial charge in [0.1, 0.15) is 11.8 Å². The van der Waals surface area contributed by atoms with Gasteiger partial charge in [-0.2, -0.15) is 0 Å². The Morgan fingerprint density at radius 2 is 1.95 bits per heavy atom. The molecule has 0 N–H and O–H groups in total. The minimum atomic E-state index is -0.893. The van der Waals surface area contributed by atoms with Crippen LogP contribution in [0.3, 0.4) is 0 Å². The number of esters is 1. The number of aromatic nitrogens is 3. The van der Waals surface area contributed by atoms with Gasteiger partial charge < -0.3 is 9.47 Å². The molecule has 0 aliphatic carbocycles. The maximum absolute atomic E-state index is 14.0. The van der Waals surface area contributed by atoms with Crippen LogP contribution in [0.25, 0.3) is 6.08 Å². The van der Waals surface area contributed by atoms with Gasteiger partial charge in [-0.1, -0.05) is 33.3 Å². The topological polar surface area (TPSA) is 139 Å². The molecule has 11 nitrogen and oxygen atoms in total. The van der Waals surface area contributed by atoms with Crippen molar-refractivity contribution in [2.45, 2.75) is 43.0 Å².